The van der Waals surface area contributed by atoms with Gasteiger partial charge in [-0.05, 0) is 35.9 Å². The number of nitriles is 1. The maximum Gasteiger partial charge on any atom is 0.348 e. The average Bonchev–Trinajstić information content (AvgIpc) is 2.59. The largest absolute Gasteiger partial charge is 0.489 e. The van der Waals surface area contributed by atoms with Crippen molar-refractivity contribution in [2.75, 3.05) is 7.11 Å². The van der Waals surface area contributed by atoms with Crippen LogP contribution in [0.15, 0.2) is 48.0 Å². The van der Waals surface area contributed by atoms with Crippen LogP contribution >= 0.6 is 11.6 Å². The lowest BCUT2D eigenvalue weighted by atomic mass is 10.1. The first-order chi connectivity index (χ1) is 11.5. The number of hydrogen-bond acceptors (Lipinski definition) is 4. The summed E-state index contributed by atoms with van der Waals surface area (Å²) >= 11 is 5.95. The molecule has 0 aromatic heterocycles. The smallest absolute Gasteiger partial charge is 0.348 e. The van der Waals surface area contributed by atoms with Crippen LogP contribution in [0.3, 0.4) is 0 Å². The van der Waals surface area contributed by atoms with Gasteiger partial charge in [-0.3, -0.25) is 0 Å². The van der Waals surface area contributed by atoms with Gasteiger partial charge in [-0.25, -0.2) is 9.18 Å². The third kappa shape index (κ3) is 4.34. The van der Waals surface area contributed by atoms with Crippen LogP contribution in [0.4, 0.5) is 4.39 Å². The average molecular weight is 346 g/mol. The topological polar surface area (TPSA) is 59.3 Å². The van der Waals surface area contributed by atoms with Crippen LogP contribution < -0.4 is 4.74 Å². The molecule has 0 radical (unpaired) electrons. The zero-order valence-electron chi connectivity index (χ0n) is 12.8. The number of esters is 1. The van der Waals surface area contributed by atoms with Gasteiger partial charge in [-0.2, -0.15) is 5.26 Å². The van der Waals surface area contributed by atoms with Gasteiger partial charge in [0.2, 0.25) is 0 Å². The van der Waals surface area contributed by atoms with E-state index in [-0.39, 0.29) is 22.8 Å². The quantitative estimate of drug-likeness (QED) is 0.464. The number of rotatable bonds is 5. The molecule has 24 heavy (non-hydrogen) atoms. The molecule has 0 aliphatic heterocycles. The van der Waals surface area contributed by atoms with Crippen molar-refractivity contribution in [3.05, 3.63) is 70.0 Å². The Morgan fingerprint density at radius 1 is 1.33 bits per heavy atom. The van der Waals surface area contributed by atoms with E-state index >= 15 is 0 Å². The summed E-state index contributed by atoms with van der Waals surface area (Å²) in [6.07, 6.45) is 1.38. The number of methoxy groups -OCH3 is 1. The molecule has 0 unspecified atom stereocenters. The SMILES string of the molecule is COC(=O)/C(C#N)=C/c1cccc(OCc2c(F)cccc2Cl)c1. The van der Waals surface area contributed by atoms with E-state index in [4.69, 9.17) is 21.6 Å². The first-order valence-electron chi connectivity index (χ1n) is 6.91. The van der Waals surface area contributed by atoms with Crippen molar-refractivity contribution in [2.24, 2.45) is 0 Å². The van der Waals surface area contributed by atoms with E-state index in [0.29, 0.717) is 11.3 Å². The molecule has 0 saturated carbocycles. The molecule has 0 bridgehead atoms. The van der Waals surface area contributed by atoms with Crippen molar-refractivity contribution in [1.82, 2.24) is 0 Å². The second-order valence-corrected chi connectivity index (χ2v) is 5.13. The van der Waals surface area contributed by atoms with E-state index in [9.17, 15) is 9.18 Å². The minimum absolute atomic E-state index is 0.0409. The van der Waals surface area contributed by atoms with Gasteiger partial charge >= 0.3 is 5.97 Å². The summed E-state index contributed by atoms with van der Waals surface area (Å²) in [5, 5.41) is 9.25. The third-order valence-corrected chi connectivity index (χ3v) is 3.49. The van der Waals surface area contributed by atoms with Gasteiger partial charge in [-0.15, -0.1) is 0 Å². The molecule has 0 heterocycles. The molecule has 0 fully saturated rings. The first kappa shape index (κ1) is 17.5. The second kappa shape index (κ2) is 8.14. The lowest BCUT2D eigenvalue weighted by molar-refractivity contribution is -0.135. The standard InChI is InChI=1S/C18H13ClFNO3/c1-23-18(22)13(10-21)8-12-4-2-5-14(9-12)24-11-15-16(19)6-3-7-17(15)20/h2-9H,11H2,1H3/b13-8+. The Labute approximate surface area is 143 Å². The summed E-state index contributed by atoms with van der Waals surface area (Å²) in [6.45, 7) is -0.0409. The van der Waals surface area contributed by atoms with Gasteiger partial charge in [0.1, 0.15) is 29.8 Å². The van der Waals surface area contributed by atoms with Gasteiger partial charge in [0.25, 0.3) is 0 Å². The van der Waals surface area contributed by atoms with Crippen LogP contribution in [0.5, 0.6) is 5.75 Å². The van der Waals surface area contributed by atoms with E-state index in [1.54, 1.807) is 36.4 Å². The van der Waals surface area contributed by atoms with Gasteiger partial charge in [0, 0.05) is 5.56 Å². The molecule has 2 aromatic carbocycles. The van der Waals surface area contributed by atoms with Crippen molar-refractivity contribution in [1.29, 1.82) is 5.26 Å². The predicted molar refractivity (Wildman–Crippen MR) is 87.8 cm³/mol. The van der Waals surface area contributed by atoms with E-state index in [0.717, 1.165) is 0 Å². The highest BCUT2D eigenvalue weighted by Gasteiger charge is 2.10. The van der Waals surface area contributed by atoms with Crippen LogP contribution in [0.25, 0.3) is 6.08 Å². The Bertz CT molecular complexity index is 807. The Hall–Kier alpha value is -2.84. The van der Waals surface area contributed by atoms with Crippen LogP contribution in [-0.2, 0) is 16.1 Å². The van der Waals surface area contributed by atoms with Crippen LogP contribution in [0.1, 0.15) is 11.1 Å². The molecule has 0 aliphatic rings. The lowest BCUT2D eigenvalue weighted by Gasteiger charge is -2.09. The third-order valence-electron chi connectivity index (χ3n) is 3.14. The van der Waals surface area contributed by atoms with Gasteiger partial charge in [0.05, 0.1) is 12.1 Å². The Kier molecular flexibility index (Phi) is 5.94. The second-order valence-electron chi connectivity index (χ2n) is 4.72. The summed E-state index contributed by atoms with van der Waals surface area (Å²) in [5.74, 6) is -0.719. The first-order valence-corrected chi connectivity index (χ1v) is 7.29. The number of carbonyl (C=O) groups excluding carboxylic acids is 1. The van der Waals surface area contributed by atoms with Gasteiger partial charge < -0.3 is 9.47 Å². The number of hydrogen-bond donors (Lipinski definition) is 0. The zero-order chi connectivity index (χ0) is 17.5. The summed E-state index contributed by atoms with van der Waals surface area (Å²) < 4.78 is 23.8. The van der Waals surface area contributed by atoms with Crippen LogP contribution in [0, 0.1) is 17.1 Å². The summed E-state index contributed by atoms with van der Waals surface area (Å²) in [5.41, 5.74) is 0.702. The molecular weight excluding hydrogens is 333 g/mol. The normalized spacial score (nSPS) is 10.8. The summed E-state index contributed by atoms with van der Waals surface area (Å²) in [4.78, 5) is 11.4. The molecule has 0 amide bonds. The Balaban J connectivity index is 2.18. The molecule has 2 aromatic rings. The monoisotopic (exact) mass is 345 g/mol. The highest BCUT2D eigenvalue weighted by Crippen LogP contribution is 2.22. The number of benzene rings is 2. The molecule has 0 N–H and O–H groups in total. The highest BCUT2D eigenvalue weighted by molar-refractivity contribution is 6.31. The molecule has 0 spiro atoms. The van der Waals surface area contributed by atoms with Gasteiger partial charge in [0.15, 0.2) is 0 Å². The van der Waals surface area contributed by atoms with E-state index < -0.39 is 11.8 Å². The molecule has 0 saturated heterocycles. The minimum atomic E-state index is -0.720. The molecule has 4 nitrogen and oxygen atoms in total. The fourth-order valence-corrected chi connectivity index (χ4v) is 2.15. The maximum absolute atomic E-state index is 13.7. The fraction of sp³-hybridized carbons (Fsp3) is 0.111. The van der Waals surface area contributed by atoms with Crippen molar-refractivity contribution in [3.8, 4) is 11.8 Å². The number of ether oxygens (including phenoxy) is 2. The number of carbonyl (C=O) groups is 1. The molecule has 122 valence electrons. The van der Waals surface area contributed by atoms with Gasteiger partial charge in [-0.1, -0.05) is 29.8 Å². The number of nitrogens with zero attached hydrogens (tertiary/aromatic N) is 1. The van der Waals surface area contributed by atoms with Crippen molar-refractivity contribution < 1.29 is 18.7 Å². The van der Waals surface area contributed by atoms with E-state index in [1.165, 1.54) is 25.3 Å². The highest BCUT2D eigenvalue weighted by atomic mass is 35.5. The molecule has 0 aliphatic carbocycles. The van der Waals surface area contributed by atoms with Crippen molar-refractivity contribution in [3.63, 3.8) is 0 Å². The minimum Gasteiger partial charge on any atom is -0.489 e. The Morgan fingerprint density at radius 3 is 2.75 bits per heavy atom. The molecule has 6 heteroatoms. The zero-order valence-corrected chi connectivity index (χ0v) is 13.5. The van der Waals surface area contributed by atoms with Crippen LogP contribution in [0.2, 0.25) is 5.02 Å². The maximum atomic E-state index is 13.7. The van der Waals surface area contributed by atoms with E-state index in [2.05, 4.69) is 4.74 Å². The van der Waals surface area contributed by atoms with Crippen LogP contribution in [-0.4, -0.2) is 13.1 Å². The molecule has 2 rings (SSSR count). The van der Waals surface area contributed by atoms with Crippen molar-refractivity contribution in [2.45, 2.75) is 6.61 Å². The van der Waals surface area contributed by atoms with E-state index in [1.807, 2.05) is 0 Å². The molecular formula is C18H13ClFNO3. The fourth-order valence-electron chi connectivity index (χ4n) is 1.93. The van der Waals surface area contributed by atoms with Crippen molar-refractivity contribution >= 4 is 23.6 Å². The summed E-state index contributed by atoms with van der Waals surface area (Å²) in [6, 6.07) is 12.9. The Morgan fingerprint density at radius 2 is 2.08 bits per heavy atom. The predicted octanol–water partition coefficient (Wildman–Crippen LogP) is 4.14. The summed E-state index contributed by atoms with van der Waals surface area (Å²) in [7, 11) is 1.20. The molecule has 0 atom stereocenters. The number of halogens is 2. The lowest BCUT2D eigenvalue weighted by Crippen LogP contribution is -2.02.